The monoisotopic (exact) mass is 344 g/mol. The van der Waals surface area contributed by atoms with Gasteiger partial charge in [-0.1, -0.05) is 13.0 Å². The number of hydrogen-bond donors (Lipinski definition) is 1. The summed E-state index contributed by atoms with van der Waals surface area (Å²) in [6.45, 7) is 9.83. The first-order valence-electron chi connectivity index (χ1n) is 9.26. The highest BCUT2D eigenvalue weighted by Crippen LogP contribution is 2.24. The molecule has 2 amide bonds. The summed E-state index contributed by atoms with van der Waals surface area (Å²) >= 11 is 0. The molecule has 1 atom stereocenters. The zero-order valence-electron chi connectivity index (χ0n) is 15.2. The molecule has 1 N–H and O–H groups in total. The van der Waals surface area contributed by atoms with Crippen molar-refractivity contribution >= 4 is 23.2 Å². The predicted molar refractivity (Wildman–Crippen MR) is 99.8 cm³/mol. The second-order valence-corrected chi connectivity index (χ2v) is 6.83. The van der Waals surface area contributed by atoms with Gasteiger partial charge in [0.1, 0.15) is 0 Å². The van der Waals surface area contributed by atoms with Gasteiger partial charge in [-0.25, -0.2) is 0 Å². The molecule has 0 aromatic heterocycles. The molecule has 2 saturated heterocycles. The Bertz CT molecular complexity index is 626. The SMILES string of the molecule is CCN1CCN(C(C)C(=O)Nc2cccc(N3CCCC3=O)c2)CC1. The molecule has 2 fully saturated rings. The van der Waals surface area contributed by atoms with Gasteiger partial charge in [-0.3, -0.25) is 14.5 Å². The Morgan fingerprint density at radius 2 is 1.96 bits per heavy atom. The zero-order chi connectivity index (χ0) is 17.8. The largest absolute Gasteiger partial charge is 0.325 e. The lowest BCUT2D eigenvalue weighted by molar-refractivity contribution is -0.121. The lowest BCUT2D eigenvalue weighted by Crippen LogP contribution is -2.52. The second kappa shape index (κ2) is 7.97. The Kier molecular flexibility index (Phi) is 5.71. The molecule has 1 aromatic rings. The Morgan fingerprint density at radius 3 is 2.60 bits per heavy atom. The van der Waals surface area contributed by atoms with E-state index in [0.717, 1.165) is 57.1 Å². The maximum Gasteiger partial charge on any atom is 0.241 e. The minimum Gasteiger partial charge on any atom is -0.325 e. The Balaban J connectivity index is 1.60. The fraction of sp³-hybridized carbons (Fsp3) is 0.579. The Morgan fingerprint density at radius 1 is 1.20 bits per heavy atom. The number of hydrogen-bond acceptors (Lipinski definition) is 4. The van der Waals surface area contributed by atoms with Crippen LogP contribution < -0.4 is 10.2 Å². The van der Waals surface area contributed by atoms with Gasteiger partial charge in [0.25, 0.3) is 0 Å². The summed E-state index contributed by atoms with van der Waals surface area (Å²) in [7, 11) is 0. The summed E-state index contributed by atoms with van der Waals surface area (Å²) in [6, 6.07) is 7.43. The third-order valence-electron chi connectivity index (χ3n) is 5.28. The molecule has 0 radical (unpaired) electrons. The molecule has 6 nitrogen and oxygen atoms in total. The van der Waals surface area contributed by atoms with Crippen LogP contribution in [0.2, 0.25) is 0 Å². The van der Waals surface area contributed by atoms with Crippen molar-refractivity contribution in [1.82, 2.24) is 9.80 Å². The van der Waals surface area contributed by atoms with Crippen LogP contribution in [0.3, 0.4) is 0 Å². The molecule has 6 heteroatoms. The van der Waals surface area contributed by atoms with Gasteiger partial charge in [-0.15, -0.1) is 0 Å². The van der Waals surface area contributed by atoms with Crippen molar-refractivity contribution < 1.29 is 9.59 Å². The number of nitrogens with one attached hydrogen (secondary N) is 1. The molecular weight excluding hydrogens is 316 g/mol. The van der Waals surface area contributed by atoms with Crippen LogP contribution >= 0.6 is 0 Å². The average Bonchev–Trinajstić information content (AvgIpc) is 3.07. The van der Waals surface area contributed by atoms with Crippen LogP contribution in [-0.4, -0.2) is 66.9 Å². The molecule has 0 aliphatic carbocycles. The van der Waals surface area contributed by atoms with E-state index in [9.17, 15) is 9.59 Å². The highest BCUT2D eigenvalue weighted by molar-refractivity contribution is 5.98. The van der Waals surface area contributed by atoms with Crippen molar-refractivity contribution in [2.75, 3.05) is 49.5 Å². The first kappa shape index (κ1) is 17.9. The normalized spacial score (nSPS) is 20.7. The number of likely N-dealkylation sites (N-methyl/N-ethyl adjacent to an activating group) is 1. The third-order valence-corrected chi connectivity index (χ3v) is 5.28. The number of piperazine rings is 1. The Labute approximate surface area is 149 Å². The van der Waals surface area contributed by atoms with Crippen LogP contribution in [0.4, 0.5) is 11.4 Å². The van der Waals surface area contributed by atoms with E-state index in [1.807, 2.05) is 31.2 Å². The minimum atomic E-state index is -0.156. The van der Waals surface area contributed by atoms with Crippen LogP contribution in [0.15, 0.2) is 24.3 Å². The van der Waals surface area contributed by atoms with Crippen LogP contribution in [-0.2, 0) is 9.59 Å². The number of nitrogens with zero attached hydrogens (tertiary/aromatic N) is 3. The van der Waals surface area contributed by atoms with Crippen LogP contribution in [0.5, 0.6) is 0 Å². The maximum atomic E-state index is 12.6. The molecule has 3 rings (SSSR count). The Hall–Kier alpha value is -1.92. The van der Waals surface area contributed by atoms with E-state index in [4.69, 9.17) is 0 Å². The van der Waals surface area contributed by atoms with E-state index in [0.29, 0.717) is 6.42 Å². The molecular formula is C19H28N4O2. The van der Waals surface area contributed by atoms with Crippen molar-refractivity contribution in [3.05, 3.63) is 24.3 Å². The fourth-order valence-electron chi connectivity index (χ4n) is 3.55. The van der Waals surface area contributed by atoms with E-state index in [2.05, 4.69) is 22.0 Å². The molecule has 1 unspecified atom stereocenters. The molecule has 0 spiro atoms. The molecule has 25 heavy (non-hydrogen) atoms. The van der Waals surface area contributed by atoms with E-state index in [1.54, 1.807) is 4.90 Å². The van der Waals surface area contributed by atoms with Crippen LogP contribution in [0.1, 0.15) is 26.7 Å². The van der Waals surface area contributed by atoms with E-state index < -0.39 is 0 Å². The minimum absolute atomic E-state index is 0.00912. The standard InChI is InChI=1S/C19H28N4O2/c1-3-21-10-12-22(13-11-21)15(2)19(25)20-16-6-4-7-17(14-16)23-9-5-8-18(23)24/h4,6-7,14-15H,3,5,8-13H2,1-2H3,(H,20,25). The molecule has 2 aliphatic rings. The predicted octanol–water partition coefficient (Wildman–Crippen LogP) is 1.78. The second-order valence-electron chi connectivity index (χ2n) is 6.83. The summed E-state index contributed by atoms with van der Waals surface area (Å²) in [4.78, 5) is 30.9. The van der Waals surface area contributed by atoms with Gasteiger partial charge in [0, 0.05) is 50.5 Å². The third kappa shape index (κ3) is 4.19. The zero-order valence-corrected chi connectivity index (χ0v) is 15.2. The van der Waals surface area contributed by atoms with Gasteiger partial charge in [0.2, 0.25) is 11.8 Å². The fourth-order valence-corrected chi connectivity index (χ4v) is 3.55. The lowest BCUT2D eigenvalue weighted by Gasteiger charge is -2.36. The first-order valence-corrected chi connectivity index (χ1v) is 9.26. The molecule has 0 bridgehead atoms. The van der Waals surface area contributed by atoms with Gasteiger partial charge < -0.3 is 15.1 Å². The van der Waals surface area contributed by atoms with Crippen molar-refractivity contribution in [2.24, 2.45) is 0 Å². The number of amides is 2. The number of benzene rings is 1. The summed E-state index contributed by atoms with van der Waals surface area (Å²) in [5, 5.41) is 3.01. The number of carbonyl (C=O) groups excluding carboxylic acids is 2. The maximum absolute atomic E-state index is 12.6. The first-order chi connectivity index (χ1) is 12.1. The van der Waals surface area contributed by atoms with Gasteiger partial charge in [-0.2, -0.15) is 0 Å². The number of anilines is 2. The van der Waals surface area contributed by atoms with Crippen molar-refractivity contribution in [3.8, 4) is 0 Å². The summed E-state index contributed by atoms with van der Waals surface area (Å²) in [5.74, 6) is 0.167. The molecule has 2 heterocycles. The van der Waals surface area contributed by atoms with Gasteiger partial charge in [0.05, 0.1) is 6.04 Å². The highest BCUT2D eigenvalue weighted by Gasteiger charge is 2.26. The van der Waals surface area contributed by atoms with Gasteiger partial charge in [0.15, 0.2) is 0 Å². The summed E-state index contributed by atoms with van der Waals surface area (Å²) < 4.78 is 0. The van der Waals surface area contributed by atoms with Gasteiger partial charge >= 0.3 is 0 Å². The van der Waals surface area contributed by atoms with Crippen LogP contribution in [0.25, 0.3) is 0 Å². The lowest BCUT2D eigenvalue weighted by atomic mass is 10.2. The van der Waals surface area contributed by atoms with E-state index >= 15 is 0 Å². The molecule has 136 valence electrons. The molecule has 0 saturated carbocycles. The smallest absolute Gasteiger partial charge is 0.241 e. The van der Waals surface area contributed by atoms with Crippen molar-refractivity contribution in [3.63, 3.8) is 0 Å². The van der Waals surface area contributed by atoms with Crippen molar-refractivity contribution in [2.45, 2.75) is 32.7 Å². The summed E-state index contributed by atoms with van der Waals surface area (Å²) in [5.41, 5.74) is 1.62. The van der Waals surface area contributed by atoms with Crippen LogP contribution in [0, 0.1) is 0 Å². The van der Waals surface area contributed by atoms with Crippen molar-refractivity contribution in [1.29, 1.82) is 0 Å². The highest BCUT2D eigenvalue weighted by atomic mass is 16.2. The molecule has 2 aliphatic heterocycles. The summed E-state index contributed by atoms with van der Waals surface area (Å²) in [6.07, 6.45) is 1.51. The number of carbonyl (C=O) groups is 2. The van der Waals surface area contributed by atoms with Gasteiger partial charge in [-0.05, 0) is 38.1 Å². The average molecular weight is 344 g/mol. The number of rotatable bonds is 5. The quantitative estimate of drug-likeness (QED) is 0.885. The van der Waals surface area contributed by atoms with E-state index in [-0.39, 0.29) is 17.9 Å². The van der Waals surface area contributed by atoms with E-state index in [1.165, 1.54) is 0 Å². The molecule has 1 aromatic carbocycles. The topological polar surface area (TPSA) is 55.9 Å².